The van der Waals surface area contributed by atoms with E-state index in [0.29, 0.717) is 22.5 Å². The zero-order valence-electron chi connectivity index (χ0n) is 16.6. The summed E-state index contributed by atoms with van der Waals surface area (Å²) in [5.74, 6) is 1.94. The van der Waals surface area contributed by atoms with Gasteiger partial charge in [-0.2, -0.15) is 4.98 Å². The Morgan fingerprint density at radius 1 is 1.10 bits per heavy atom. The number of ether oxygens (including phenoxy) is 1. The maximum absolute atomic E-state index is 6.12. The van der Waals surface area contributed by atoms with Gasteiger partial charge in [0.05, 0.1) is 24.8 Å². The van der Waals surface area contributed by atoms with E-state index in [4.69, 9.17) is 16.3 Å². The van der Waals surface area contributed by atoms with Gasteiger partial charge in [-0.15, -0.1) is 5.10 Å². The van der Waals surface area contributed by atoms with Crippen molar-refractivity contribution in [3.63, 3.8) is 0 Å². The first-order valence-electron chi connectivity index (χ1n) is 9.08. The summed E-state index contributed by atoms with van der Waals surface area (Å²) >= 11 is 6.12. The molecule has 7 nitrogen and oxygen atoms in total. The van der Waals surface area contributed by atoms with Crippen LogP contribution < -0.4 is 10.1 Å². The van der Waals surface area contributed by atoms with Crippen LogP contribution in [0.4, 0.5) is 11.6 Å². The number of anilines is 2. The van der Waals surface area contributed by atoms with Crippen LogP contribution in [0.1, 0.15) is 11.3 Å². The van der Waals surface area contributed by atoms with E-state index < -0.39 is 0 Å². The molecule has 1 N–H and O–H groups in total. The van der Waals surface area contributed by atoms with Crippen molar-refractivity contribution in [1.29, 1.82) is 0 Å². The lowest BCUT2D eigenvalue weighted by Gasteiger charge is -2.10. The molecule has 0 saturated carbocycles. The predicted octanol–water partition coefficient (Wildman–Crippen LogP) is 4.69. The third kappa shape index (κ3) is 3.82. The summed E-state index contributed by atoms with van der Waals surface area (Å²) in [6, 6.07) is 11.6. The van der Waals surface area contributed by atoms with Gasteiger partial charge in [0.25, 0.3) is 0 Å². The van der Waals surface area contributed by atoms with E-state index >= 15 is 0 Å². The van der Waals surface area contributed by atoms with Gasteiger partial charge in [0.1, 0.15) is 5.75 Å². The molecule has 0 amide bonds. The molecule has 2 aromatic heterocycles. The number of hydrogen-bond acceptors (Lipinski definition) is 5. The largest absolute Gasteiger partial charge is 0.495 e. The highest BCUT2D eigenvalue weighted by Crippen LogP contribution is 2.30. The van der Waals surface area contributed by atoms with Crippen LogP contribution in [0.3, 0.4) is 0 Å². The highest BCUT2D eigenvalue weighted by molar-refractivity contribution is 6.30. The number of methoxy groups -OCH3 is 1. The van der Waals surface area contributed by atoms with Crippen molar-refractivity contribution in [2.75, 3.05) is 12.4 Å². The molecule has 4 rings (SSSR count). The molecule has 0 atom stereocenters. The quantitative estimate of drug-likeness (QED) is 0.518. The lowest BCUT2D eigenvalue weighted by atomic mass is 10.1. The van der Waals surface area contributed by atoms with E-state index in [2.05, 4.69) is 20.4 Å². The number of rotatable bonds is 5. The first-order valence-corrected chi connectivity index (χ1v) is 9.46. The van der Waals surface area contributed by atoms with Gasteiger partial charge in [-0.05, 0) is 49.7 Å². The number of aromatic nitrogens is 5. The molecule has 148 valence electrons. The van der Waals surface area contributed by atoms with E-state index in [-0.39, 0.29) is 0 Å². The number of nitrogens with one attached hydrogen (secondary N) is 1. The number of halogens is 1. The number of aryl methyl sites for hydroxylation is 3. The number of imidazole rings is 1. The number of hydrogen-bond donors (Lipinski definition) is 1. The monoisotopic (exact) mass is 408 g/mol. The minimum Gasteiger partial charge on any atom is -0.495 e. The van der Waals surface area contributed by atoms with Crippen LogP contribution in [0, 0.1) is 13.8 Å². The van der Waals surface area contributed by atoms with Crippen LogP contribution in [0.15, 0.2) is 48.9 Å². The molecular weight excluding hydrogens is 388 g/mol. The first-order chi connectivity index (χ1) is 13.9. The fraction of sp³-hybridized carbons (Fsp3) is 0.190. The van der Waals surface area contributed by atoms with Gasteiger partial charge in [-0.1, -0.05) is 17.7 Å². The summed E-state index contributed by atoms with van der Waals surface area (Å²) in [6.45, 7) is 3.96. The van der Waals surface area contributed by atoms with Crippen molar-refractivity contribution in [2.45, 2.75) is 13.8 Å². The Labute approximate surface area is 173 Å². The summed E-state index contributed by atoms with van der Waals surface area (Å²) in [6.07, 6.45) is 3.72. The van der Waals surface area contributed by atoms with Gasteiger partial charge in [0.15, 0.2) is 5.82 Å². The third-order valence-electron chi connectivity index (χ3n) is 4.64. The zero-order valence-corrected chi connectivity index (χ0v) is 17.4. The smallest absolute Gasteiger partial charge is 0.225 e. The summed E-state index contributed by atoms with van der Waals surface area (Å²) in [5.41, 5.74) is 4.66. The van der Waals surface area contributed by atoms with Crippen molar-refractivity contribution >= 4 is 23.2 Å². The minimum atomic E-state index is 0.598. The van der Waals surface area contributed by atoms with Gasteiger partial charge in [-0.3, -0.25) is 0 Å². The molecule has 0 saturated heterocycles. The Bertz CT molecular complexity index is 1180. The topological polar surface area (TPSA) is 69.8 Å². The average molecular weight is 409 g/mol. The van der Waals surface area contributed by atoms with Gasteiger partial charge in [0, 0.05) is 29.5 Å². The molecule has 0 spiro atoms. The standard InChI is InChI=1S/C21H21ClN6O/c1-13-5-7-16(22)10-17(13)24-21-25-20(26-27(21)3)15-6-8-18(19(9-15)29-4)28-11-14(2)23-12-28/h5-12H,1-4H3,(H,24,25,26). The fourth-order valence-electron chi connectivity index (χ4n) is 3.05. The molecule has 0 aliphatic rings. The summed E-state index contributed by atoms with van der Waals surface area (Å²) in [5, 5.41) is 8.51. The van der Waals surface area contributed by atoms with E-state index in [0.717, 1.165) is 28.2 Å². The molecule has 0 fully saturated rings. The normalized spacial score (nSPS) is 10.9. The number of benzene rings is 2. The van der Waals surface area contributed by atoms with E-state index in [1.807, 2.05) is 68.1 Å². The van der Waals surface area contributed by atoms with Crippen LogP contribution >= 0.6 is 11.6 Å². The van der Waals surface area contributed by atoms with Crippen LogP contribution in [0.2, 0.25) is 5.02 Å². The van der Waals surface area contributed by atoms with Crippen molar-refractivity contribution in [2.24, 2.45) is 7.05 Å². The molecule has 0 aliphatic carbocycles. The van der Waals surface area contributed by atoms with Gasteiger partial charge < -0.3 is 14.6 Å². The molecule has 4 aromatic rings. The van der Waals surface area contributed by atoms with Crippen LogP contribution in [0.25, 0.3) is 17.1 Å². The minimum absolute atomic E-state index is 0.598. The second-order valence-corrected chi connectivity index (χ2v) is 7.21. The van der Waals surface area contributed by atoms with Crippen LogP contribution in [0.5, 0.6) is 5.75 Å². The first kappa shape index (κ1) is 19.0. The Morgan fingerprint density at radius 3 is 2.66 bits per heavy atom. The third-order valence-corrected chi connectivity index (χ3v) is 4.87. The molecule has 0 radical (unpaired) electrons. The molecule has 0 bridgehead atoms. The predicted molar refractivity (Wildman–Crippen MR) is 114 cm³/mol. The molecular formula is C21H21ClN6O. The average Bonchev–Trinajstić information content (AvgIpc) is 3.30. The molecule has 2 aromatic carbocycles. The fourth-order valence-corrected chi connectivity index (χ4v) is 3.22. The summed E-state index contributed by atoms with van der Waals surface area (Å²) < 4.78 is 9.22. The highest BCUT2D eigenvalue weighted by Gasteiger charge is 2.14. The van der Waals surface area contributed by atoms with Crippen LogP contribution in [-0.2, 0) is 7.05 Å². The molecule has 8 heteroatoms. The molecule has 0 aliphatic heterocycles. The Morgan fingerprint density at radius 2 is 1.93 bits per heavy atom. The Hall–Kier alpha value is -3.32. The van der Waals surface area contributed by atoms with Crippen molar-refractivity contribution in [3.05, 3.63) is 65.2 Å². The van der Waals surface area contributed by atoms with Gasteiger partial charge in [0.2, 0.25) is 5.95 Å². The maximum atomic E-state index is 6.12. The van der Waals surface area contributed by atoms with Crippen molar-refractivity contribution in [3.8, 4) is 22.8 Å². The molecule has 2 heterocycles. The van der Waals surface area contributed by atoms with E-state index in [9.17, 15) is 0 Å². The van der Waals surface area contributed by atoms with Crippen molar-refractivity contribution < 1.29 is 4.74 Å². The summed E-state index contributed by atoms with van der Waals surface area (Å²) in [4.78, 5) is 8.93. The highest BCUT2D eigenvalue weighted by atomic mass is 35.5. The molecule has 29 heavy (non-hydrogen) atoms. The zero-order chi connectivity index (χ0) is 20.5. The Kier molecular flexibility index (Phi) is 4.98. The van der Waals surface area contributed by atoms with E-state index in [1.54, 1.807) is 18.1 Å². The van der Waals surface area contributed by atoms with Crippen molar-refractivity contribution in [1.82, 2.24) is 24.3 Å². The Balaban J connectivity index is 1.67. The SMILES string of the molecule is COc1cc(-c2nc(Nc3cc(Cl)ccc3C)n(C)n2)ccc1-n1cnc(C)c1. The lowest BCUT2D eigenvalue weighted by Crippen LogP contribution is -2.01. The van der Waals surface area contributed by atoms with E-state index in [1.165, 1.54) is 0 Å². The van der Waals surface area contributed by atoms with Gasteiger partial charge in [-0.25, -0.2) is 9.67 Å². The maximum Gasteiger partial charge on any atom is 0.225 e. The lowest BCUT2D eigenvalue weighted by molar-refractivity contribution is 0.413. The molecule has 0 unspecified atom stereocenters. The van der Waals surface area contributed by atoms with Crippen LogP contribution in [-0.4, -0.2) is 31.4 Å². The second-order valence-electron chi connectivity index (χ2n) is 6.78. The summed E-state index contributed by atoms with van der Waals surface area (Å²) in [7, 11) is 3.49. The number of nitrogens with zero attached hydrogens (tertiary/aromatic N) is 5. The van der Waals surface area contributed by atoms with Gasteiger partial charge >= 0.3 is 0 Å². The second kappa shape index (κ2) is 7.60.